The summed E-state index contributed by atoms with van der Waals surface area (Å²) in [6.07, 6.45) is 1.82. The summed E-state index contributed by atoms with van der Waals surface area (Å²) in [5, 5.41) is 2.90. The smallest absolute Gasteiger partial charge is 0.233 e. The van der Waals surface area contributed by atoms with Gasteiger partial charge in [0.25, 0.3) is 0 Å². The first-order valence-corrected chi connectivity index (χ1v) is 6.71. The molecule has 0 spiro atoms. The molecule has 2 rings (SSSR count). The van der Waals surface area contributed by atoms with Crippen molar-refractivity contribution in [2.75, 3.05) is 18.4 Å². The maximum atomic E-state index is 11.8. The molecule has 0 radical (unpaired) electrons. The van der Waals surface area contributed by atoms with Crippen molar-refractivity contribution < 1.29 is 9.59 Å². The zero-order valence-corrected chi connectivity index (χ0v) is 11.7. The second kappa shape index (κ2) is 6.21. The van der Waals surface area contributed by atoms with Gasteiger partial charge in [0, 0.05) is 13.1 Å². The van der Waals surface area contributed by atoms with Crippen LogP contribution in [0.4, 0.5) is 5.69 Å². The van der Waals surface area contributed by atoms with E-state index in [0.717, 1.165) is 25.9 Å². The highest BCUT2D eigenvalue weighted by molar-refractivity contribution is 6.34. The lowest BCUT2D eigenvalue weighted by Gasteiger charge is -2.14. The Kier molecular flexibility index (Phi) is 4.61. The molecule has 0 aliphatic carbocycles. The third-order valence-corrected chi connectivity index (χ3v) is 3.36. The number of nitrogens with zero attached hydrogens (tertiary/aromatic N) is 2. The molecule has 102 valence electrons. The number of hydrogen-bond donors (Lipinski definition) is 1. The van der Waals surface area contributed by atoms with E-state index in [-0.39, 0.29) is 22.6 Å². The van der Waals surface area contributed by atoms with Gasteiger partial charge in [-0.1, -0.05) is 23.2 Å². The van der Waals surface area contributed by atoms with Crippen LogP contribution in [-0.4, -0.2) is 34.8 Å². The van der Waals surface area contributed by atoms with Crippen molar-refractivity contribution in [2.45, 2.75) is 19.3 Å². The number of rotatable bonds is 3. The molecule has 1 aliphatic heterocycles. The first-order chi connectivity index (χ1) is 9.06. The average molecular weight is 302 g/mol. The summed E-state index contributed by atoms with van der Waals surface area (Å²) in [5.41, 5.74) is 0.352. The number of aromatic nitrogens is 1. The predicted molar refractivity (Wildman–Crippen MR) is 73.3 cm³/mol. The molecule has 0 atom stereocenters. The van der Waals surface area contributed by atoms with Crippen LogP contribution in [0.2, 0.25) is 10.3 Å². The van der Waals surface area contributed by atoms with E-state index >= 15 is 0 Å². The molecule has 0 saturated carbocycles. The Labute approximate surface area is 120 Å². The fourth-order valence-electron chi connectivity index (χ4n) is 1.92. The van der Waals surface area contributed by atoms with Crippen LogP contribution in [0.5, 0.6) is 0 Å². The maximum absolute atomic E-state index is 11.8. The van der Waals surface area contributed by atoms with Gasteiger partial charge >= 0.3 is 0 Å². The van der Waals surface area contributed by atoms with Crippen molar-refractivity contribution >= 4 is 40.7 Å². The van der Waals surface area contributed by atoms with E-state index in [1.165, 1.54) is 6.07 Å². The van der Waals surface area contributed by atoms with Crippen LogP contribution in [0.1, 0.15) is 19.3 Å². The molecular formula is C12H13Cl2N3O2. The van der Waals surface area contributed by atoms with Crippen molar-refractivity contribution in [2.24, 2.45) is 0 Å². The van der Waals surface area contributed by atoms with Gasteiger partial charge < -0.3 is 10.2 Å². The third kappa shape index (κ3) is 3.81. The number of nitrogens with one attached hydrogen (secondary N) is 1. The largest absolute Gasteiger partial charge is 0.342 e. The molecule has 2 amide bonds. The highest BCUT2D eigenvalue weighted by Gasteiger charge is 2.20. The average Bonchev–Trinajstić information content (AvgIpc) is 2.86. The lowest BCUT2D eigenvalue weighted by Crippen LogP contribution is -2.31. The molecule has 5 nitrogen and oxygen atoms in total. The number of anilines is 1. The molecule has 1 aromatic heterocycles. The maximum Gasteiger partial charge on any atom is 0.233 e. The monoisotopic (exact) mass is 301 g/mol. The molecule has 1 aliphatic rings. The standard InChI is InChI=1S/C12H13Cl2N3O2/c13-9-4-3-8(12(14)16-9)15-10(18)7-11(19)17-5-1-2-6-17/h3-4H,1-2,5-7H2,(H,15,18). The zero-order chi connectivity index (χ0) is 13.8. The van der Waals surface area contributed by atoms with E-state index in [0.29, 0.717) is 5.69 Å². The summed E-state index contributed by atoms with van der Waals surface area (Å²) in [6.45, 7) is 1.46. The quantitative estimate of drug-likeness (QED) is 0.688. The summed E-state index contributed by atoms with van der Waals surface area (Å²) in [7, 11) is 0. The van der Waals surface area contributed by atoms with Crippen molar-refractivity contribution in [3.05, 3.63) is 22.4 Å². The number of carbonyl (C=O) groups is 2. The highest BCUT2D eigenvalue weighted by Crippen LogP contribution is 2.21. The molecular weight excluding hydrogens is 289 g/mol. The Morgan fingerprint density at radius 1 is 1.26 bits per heavy atom. The number of halogens is 2. The van der Waals surface area contributed by atoms with E-state index in [4.69, 9.17) is 23.2 Å². The summed E-state index contributed by atoms with van der Waals surface area (Å²) in [5.74, 6) is -0.559. The number of hydrogen-bond acceptors (Lipinski definition) is 3. The lowest BCUT2D eigenvalue weighted by atomic mass is 10.3. The lowest BCUT2D eigenvalue weighted by molar-refractivity contribution is -0.133. The molecule has 0 bridgehead atoms. The van der Waals surface area contributed by atoms with Crippen LogP contribution in [0.3, 0.4) is 0 Å². The molecule has 7 heteroatoms. The van der Waals surface area contributed by atoms with Crippen LogP contribution in [0.25, 0.3) is 0 Å². The Bertz CT molecular complexity index is 502. The van der Waals surface area contributed by atoms with Crippen molar-refractivity contribution in [1.82, 2.24) is 9.88 Å². The van der Waals surface area contributed by atoms with Crippen LogP contribution >= 0.6 is 23.2 Å². The minimum absolute atomic E-state index is 0.106. The van der Waals surface area contributed by atoms with E-state index < -0.39 is 5.91 Å². The SMILES string of the molecule is O=C(CC(=O)N1CCCC1)Nc1ccc(Cl)nc1Cl. The fraction of sp³-hybridized carbons (Fsp3) is 0.417. The third-order valence-electron chi connectivity index (χ3n) is 2.86. The van der Waals surface area contributed by atoms with Gasteiger partial charge in [-0.25, -0.2) is 4.98 Å². The minimum Gasteiger partial charge on any atom is -0.342 e. The molecule has 19 heavy (non-hydrogen) atoms. The number of carbonyl (C=O) groups excluding carboxylic acids is 2. The Morgan fingerprint density at radius 2 is 1.95 bits per heavy atom. The molecule has 1 N–H and O–H groups in total. The van der Waals surface area contributed by atoms with Gasteiger partial charge in [-0.2, -0.15) is 0 Å². The second-order valence-corrected chi connectivity index (χ2v) is 5.03. The van der Waals surface area contributed by atoms with E-state index in [1.807, 2.05) is 0 Å². The molecule has 2 heterocycles. The first kappa shape index (κ1) is 14.1. The molecule has 0 aromatic carbocycles. The first-order valence-electron chi connectivity index (χ1n) is 5.96. The number of pyridine rings is 1. The van der Waals surface area contributed by atoms with Gasteiger partial charge in [0.1, 0.15) is 11.6 Å². The van der Waals surface area contributed by atoms with Gasteiger partial charge in [-0.3, -0.25) is 9.59 Å². The summed E-state index contributed by atoms with van der Waals surface area (Å²) in [4.78, 5) is 29.0. The topological polar surface area (TPSA) is 62.3 Å². The minimum atomic E-state index is -0.400. The summed E-state index contributed by atoms with van der Waals surface area (Å²) < 4.78 is 0. The normalized spacial score (nSPS) is 14.5. The van der Waals surface area contributed by atoms with E-state index in [1.54, 1.807) is 11.0 Å². The molecule has 1 aromatic rings. The number of likely N-dealkylation sites (tertiary alicyclic amines) is 1. The Morgan fingerprint density at radius 3 is 2.58 bits per heavy atom. The van der Waals surface area contributed by atoms with Gasteiger partial charge in [0.2, 0.25) is 11.8 Å². The van der Waals surface area contributed by atoms with Gasteiger partial charge in [0.15, 0.2) is 5.15 Å². The predicted octanol–water partition coefficient (Wildman–Crippen LogP) is 2.34. The van der Waals surface area contributed by atoms with Gasteiger partial charge in [-0.05, 0) is 25.0 Å². The summed E-state index contributed by atoms with van der Waals surface area (Å²) in [6, 6.07) is 3.07. The molecule has 1 saturated heterocycles. The van der Waals surface area contributed by atoms with E-state index in [9.17, 15) is 9.59 Å². The Hall–Kier alpha value is -1.33. The summed E-state index contributed by atoms with van der Waals surface area (Å²) >= 11 is 11.5. The number of amides is 2. The Balaban J connectivity index is 1.91. The fourth-order valence-corrected chi connectivity index (χ4v) is 2.31. The van der Waals surface area contributed by atoms with Gasteiger partial charge in [-0.15, -0.1) is 0 Å². The van der Waals surface area contributed by atoms with Crippen molar-refractivity contribution in [3.63, 3.8) is 0 Å². The van der Waals surface area contributed by atoms with Crippen LogP contribution in [0.15, 0.2) is 12.1 Å². The molecule has 0 unspecified atom stereocenters. The zero-order valence-electron chi connectivity index (χ0n) is 10.2. The molecule has 1 fully saturated rings. The van der Waals surface area contributed by atoms with Gasteiger partial charge in [0.05, 0.1) is 5.69 Å². The second-order valence-electron chi connectivity index (χ2n) is 4.29. The highest BCUT2D eigenvalue weighted by atomic mass is 35.5. The van der Waals surface area contributed by atoms with Crippen LogP contribution < -0.4 is 5.32 Å². The van der Waals surface area contributed by atoms with Crippen molar-refractivity contribution in [1.29, 1.82) is 0 Å². The van der Waals surface area contributed by atoms with Crippen LogP contribution in [-0.2, 0) is 9.59 Å². The van der Waals surface area contributed by atoms with Crippen LogP contribution in [0, 0.1) is 0 Å². The van der Waals surface area contributed by atoms with E-state index in [2.05, 4.69) is 10.3 Å². The van der Waals surface area contributed by atoms with Crippen molar-refractivity contribution in [3.8, 4) is 0 Å².